The molecule has 1 aliphatic heterocycles. The first kappa shape index (κ1) is 22.7. The van der Waals surface area contributed by atoms with Gasteiger partial charge in [-0.1, -0.05) is 6.42 Å². The van der Waals surface area contributed by atoms with E-state index in [1.165, 1.54) is 12.5 Å². The summed E-state index contributed by atoms with van der Waals surface area (Å²) < 4.78 is 18.2. The van der Waals surface area contributed by atoms with Crippen molar-refractivity contribution in [2.24, 2.45) is 0 Å². The molecule has 2 atom stereocenters. The molecule has 0 aromatic carbocycles. The van der Waals surface area contributed by atoms with Gasteiger partial charge < -0.3 is 28.5 Å². The molecule has 0 saturated carbocycles. The van der Waals surface area contributed by atoms with E-state index >= 15 is 0 Å². The quantitative estimate of drug-likeness (QED) is 0.158. The summed E-state index contributed by atoms with van der Waals surface area (Å²) in [4.78, 5) is 10.2. The molecule has 0 spiro atoms. The fourth-order valence-corrected chi connectivity index (χ4v) is 12.4. The van der Waals surface area contributed by atoms with Crippen LogP contribution in [0.3, 0.4) is 0 Å². The van der Waals surface area contributed by atoms with E-state index in [9.17, 15) is 4.79 Å². The summed E-state index contributed by atoms with van der Waals surface area (Å²) in [7, 11) is -3.96. The number of aliphatic hydroxyl groups excluding tert-OH is 1. The minimum Gasteiger partial charge on any atom is -0.530 e. The monoisotopic (exact) mass is 629 g/mol. The standard InChI is InChI=1S/C15H32NO5Si2.Rf/c1-22(13-5-7-16-15-18)12-4-3-10-20-23(2,21-22)14-6-9-19-11-8-17;/h17H,3-14H2,1-2H3,(H,16,18);/q-1;. The Bertz CT molecular complexity index is 343. The topological polar surface area (TPSA) is 77.0 Å². The van der Waals surface area contributed by atoms with Crippen LogP contribution in [0.1, 0.15) is 25.7 Å². The van der Waals surface area contributed by atoms with E-state index in [1.807, 2.05) is 0 Å². The van der Waals surface area contributed by atoms with Gasteiger partial charge in [-0.2, -0.15) is 6.41 Å². The molecule has 138 valence electrons. The maximum absolute atomic E-state index is 10.2. The Hall–Kier alpha value is -1.26. The number of aliphatic hydroxyl groups is 1. The van der Waals surface area contributed by atoms with Crippen LogP contribution < -0.4 is 5.32 Å². The SMILES string of the molecule is C[Si]1(CCCN[C-]=O)CCCCO[Si](C)(CCCOCCO)O1.[Rf]. The van der Waals surface area contributed by atoms with Gasteiger partial charge in [-0.3, -0.25) is 0 Å². The Labute approximate surface area is 142 Å². The summed E-state index contributed by atoms with van der Waals surface area (Å²) >= 11 is 0. The molecule has 0 aromatic rings. The number of nitrogens with one attached hydrogen (secondary N) is 1. The van der Waals surface area contributed by atoms with Gasteiger partial charge in [0.05, 0.1) is 13.2 Å². The van der Waals surface area contributed by atoms with Crippen LogP contribution in [0.25, 0.3) is 0 Å². The van der Waals surface area contributed by atoms with Crippen molar-refractivity contribution in [2.75, 3.05) is 33.0 Å². The predicted octanol–water partition coefficient (Wildman–Crippen LogP) is 1.91. The Morgan fingerprint density at radius 3 is 2.71 bits per heavy atom. The van der Waals surface area contributed by atoms with Gasteiger partial charge in [0.1, 0.15) is 0 Å². The molecule has 1 rings (SSSR count). The van der Waals surface area contributed by atoms with Crippen molar-refractivity contribution in [3.63, 3.8) is 0 Å². The van der Waals surface area contributed by atoms with Gasteiger partial charge in [0.2, 0.25) is 0 Å². The third-order valence-electron chi connectivity index (χ3n) is 4.20. The molecule has 1 fully saturated rings. The molecular formula is C15H32NO5RfSi2-. The number of rotatable bonds is 11. The van der Waals surface area contributed by atoms with E-state index in [2.05, 4.69) is 18.4 Å². The number of hydrogen-bond acceptors (Lipinski definition) is 5. The predicted molar refractivity (Wildman–Crippen MR) is 94.8 cm³/mol. The first-order chi connectivity index (χ1) is 11.0. The fourth-order valence-electron chi connectivity index (χ4n) is 3.05. The number of ether oxygens (including phenoxy) is 1. The van der Waals surface area contributed by atoms with Crippen LogP contribution in [0.5, 0.6) is 0 Å². The zero-order valence-electron chi connectivity index (χ0n) is 15.3. The molecule has 24 heavy (non-hydrogen) atoms. The number of carbonyl (C=O) groups excluding carboxylic acids is 1. The van der Waals surface area contributed by atoms with E-state index in [0.29, 0.717) is 19.8 Å². The maximum Gasteiger partial charge on any atom is 0.324 e. The van der Waals surface area contributed by atoms with Gasteiger partial charge in [0.25, 0.3) is 0 Å². The van der Waals surface area contributed by atoms with E-state index in [4.69, 9.17) is 18.4 Å². The molecule has 9 heteroatoms. The minimum absolute atomic E-state index is 0. The van der Waals surface area contributed by atoms with E-state index in [1.54, 1.807) is 6.41 Å². The van der Waals surface area contributed by atoms with Gasteiger partial charge in [0, 0.05) is 13.2 Å². The normalized spacial score (nSPS) is 27.6. The molecule has 1 amide bonds. The first-order valence-corrected chi connectivity index (χ1v) is 14.0. The van der Waals surface area contributed by atoms with Gasteiger partial charge in [-0.05, 0) is 57.0 Å². The molecule has 6 nitrogen and oxygen atoms in total. The Kier molecular flexibility index (Phi) is 11.5. The summed E-state index contributed by atoms with van der Waals surface area (Å²) in [5.41, 5.74) is 0. The van der Waals surface area contributed by atoms with E-state index in [0.717, 1.165) is 38.0 Å². The van der Waals surface area contributed by atoms with Crippen molar-refractivity contribution in [1.82, 2.24) is 5.32 Å². The van der Waals surface area contributed by atoms with Crippen molar-refractivity contribution < 1.29 is 23.2 Å². The average molecular weight is 630 g/mol. The largest absolute Gasteiger partial charge is 0.530 e. The molecular weight excluding hydrogens is 597 g/mol. The van der Waals surface area contributed by atoms with Crippen LogP contribution in [0, 0.1) is 0 Å². The maximum atomic E-state index is 10.2. The summed E-state index contributed by atoms with van der Waals surface area (Å²) in [5.74, 6) is 0. The average Bonchev–Trinajstić information content (AvgIpc) is 2.50. The summed E-state index contributed by atoms with van der Waals surface area (Å²) in [6.07, 6.45) is 5.86. The number of hydrogen-bond donors (Lipinski definition) is 2. The Morgan fingerprint density at radius 1 is 1.21 bits per heavy atom. The molecule has 1 aliphatic rings. The van der Waals surface area contributed by atoms with Gasteiger partial charge in [0.15, 0.2) is 8.32 Å². The van der Waals surface area contributed by atoms with Crippen LogP contribution in [-0.4, -0.2) is 61.4 Å². The second-order valence-corrected chi connectivity index (χ2v) is 14.3. The third-order valence-corrected chi connectivity index (χ3v) is 12.8. The van der Waals surface area contributed by atoms with Crippen molar-refractivity contribution in [3.05, 3.63) is 0 Å². The van der Waals surface area contributed by atoms with Crippen LogP contribution in [0.4, 0.5) is 0 Å². The second-order valence-electron chi connectivity index (χ2n) is 6.56. The minimum atomic E-state index is -2.16. The van der Waals surface area contributed by atoms with Crippen LogP contribution in [-0.2, 0) is 18.1 Å². The zero-order chi connectivity index (χ0) is 17.0. The van der Waals surface area contributed by atoms with Crippen LogP contribution in [0.2, 0.25) is 31.2 Å². The van der Waals surface area contributed by atoms with Crippen LogP contribution >= 0.6 is 0 Å². The molecule has 1 saturated heterocycles. The third kappa shape index (κ3) is 9.14. The van der Waals surface area contributed by atoms with Gasteiger partial charge >= 0.3 is 8.56 Å². The summed E-state index contributed by atoms with van der Waals surface area (Å²) in [6, 6.07) is 3.15. The molecule has 0 radical (unpaired) electrons. The van der Waals surface area contributed by atoms with Crippen molar-refractivity contribution >= 4 is 23.3 Å². The Morgan fingerprint density at radius 2 is 2.00 bits per heavy atom. The summed E-state index contributed by atoms with van der Waals surface area (Å²) in [5, 5.41) is 11.3. The van der Waals surface area contributed by atoms with Crippen molar-refractivity contribution in [2.45, 2.75) is 56.9 Å². The molecule has 0 aromatic heterocycles. The van der Waals surface area contributed by atoms with E-state index in [-0.39, 0.29) is 6.61 Å². The van der Waals surface area contributed by atoms with Gasteiger partial charge in [-0.15, -0.1) is 0 Å². The van der Waals surface area contributed by atoms with E-state index < -0.39 is 16.9 Å². The zero-order valence-corrected chi connectivity index (χ0v) is 23.7. The van der Waals surface area contributed by atoms with Crippen molar-refractivity contribution in [3.8, 4) is 0 Å². The first-order valence-electron chi connectivity index (χ1n) is 8.66. The smallest absolute Gasteiger partial charge is 0.324 e. The second kappa shape index (κ2) is 12.2. The molecule has 2 N–H and O–H groups in total. The fraction of sp³-hybridized carbons (Fsp3) is 0.933. The van der Waals surface area contributed by atoms with Crippen molar-refractivity contribution in [1.29, 1.82) is 0 Å². The molecule has 1 heterocycles. The molecule has 0 aliphatic carbocycles. The Balaban J connectivity index is 0.00000529. The van der Waals surface area contributed by atoms with Gasteiger partial charge in [-0.25, -0.2) is 0 Å². The number of amides is 1. The summed E-state index contributed by atoms with van der Waals surface area (Å²) in [6.45, 7) is 7.06. The molecule has 2 unspecified atom stereocenters. The molecule has 0 bridgehead atoms. The van der Waals surface area contributed by atoms with Crippen LogP contribution in [0.15, 0.2) is 0 Å².